The molecule has 1 aromatic rings. The van der Waals surface area contributed by atoms with Crippen molar-refractivity contribution in [3.63, 3.8) is 0 Å². The van der Waals surface area contributed by atoms with E-state index >= 15 is 0 Å². The lowest BCUT2D eigenvalue weighted by Gasteiger charge is -2.32. The van der Waals surface area contributed by atoms with E-state index in [1.54, 1.807) is 7.05 Å². The molecule has 0 amide bonds. The number of tetrazole rings is 1. The first-order valence-electron chi connectivity index (χ1n) is 6.53. The van der Waals surface area contributed by atoms with Gasteiger partial charge in [0, 0.05) is 18.6 Å². The molecule has 2 aliphatic rings. The minimum atomic E-state index is 0.610. The normalized spacial score (nSPS) is 29.5. The molecule has 2 atom stereocenters. The highest BCUT2D eigenvalue weighted by molar-refractivity contribution is 4.94. The van der Waals surface area contributed by atoms with Gasteiger partial charge in [-0.15, -0.1) is 10.2 Å². The number of piperidine rings is 1. The molecule has 2 fully saturated rings. The molecule has 6 heteroatoms. The highest BCUT2D eigenvalue weighted by Crippen LogP contribution is 2.27. The summed E-state index contributed by atoms with van der Waals surface area (Å²) in [5, 5.41) is 15.6. The van der Waals surface area contributed by atoms with Crippen LogP contribution in [0.15, 0.2) is 0 Å². The molecule has 3 rings (SSSR count). The summed E-state index contributed by atoms with van der Waals surface area (Å²) >= 11 is 0. The first-order chi connectivity index (χ1) is 8.33. The van der Waals surface area contributed by atoms with Crippen LogP contribution in [0.2, 0.25) is 0 Å². The molecule has 0 spiro atoms. The molecule has 94 valence electrons. The van der Waals surface area contributed by atoms with Crippen molar-refractivity contribution < 1.29 is 0 Å². The van der Waals surface area contributed by atoms with Gasteiger partial charge in [-0.3, -0.25) is 4.90 Å². The molecule has 0 aliphatic carbocycles. The minimum absolute atomic E-state index is 0.610. The van der Waals surface area contributed by atoms with Crippen LogP contribution in [0.1, 0.15) is 31.5 Å². The quantitative estimate of drug-likeness (QED) is 0.796. The topological polar surface area (TPSA) is 58.9 Å². The first kappa shape index (κ1) is 11.1. The maximum absolute atomic E-state index is 4.19. The summed E-state index contributed by atoms with van der Waals surface area (Å²) in [5.41, 5.74) is 0. The maximum atomic E-state index is 4.19. The highest BCUT2D eigenvalue weighted by atomic mass is 15.6. The Hall–Kier alpha value is -1.01. The molecule has 2 unspecified atom stereocenters. The predicted molar refractivity (Wildman–Crippen MR) is 63.3 cm³/mol. The largest absolute Gasteiger partial charge is 0.305 e. The van der Waals surface area contributed by atoms with Crippen molar-refractivity contribution in [1.29, 1.82) is 0 Å². The minimum Gasteiger partial charge on any atom is -0.305 e. The van der Waals surface area contributed by atoms with Gasteiger partial charge in [0.15, 0.2) is 5.82 Å². The van der Waals surface area contributed by atoms with Crippen molar-refractivity contribution in [2.24, 2.45) is 7.05 Å². The van der Waals surface area contributed by atoms with Crippen LogP contribution in [-0.4, -0.2) is 50.3 Å². The number of hydrogen-bond donors (Lipinski definition) is 1. The Morgan fingerprint density at radius 2 is 2.24 bits per heavy atom. The number of nitrogens with zero attached hydrogens (tertiary/aromatic N) is 5. The van der Waals surface area contributed by atoms with Crippen molar-refractivity contribution in [2.75, 3.05) is 13.1 Å². The zero-order valence-corrected chi connectivity index (χ0v) is 10.3. The molecule has 6 nitrogen and oxygen atoms in total. The Bertz CT molecular complexity index is 376. The van der Waals surface area contributed by atoms with E-state index in [0.29, 0.717) is 6.04 Å². The van der Waals surface area contributed by atoms with Crippen molar-refractivity contribution in [3.05, 3.63) is 5.82 Å². The molecule has 1 aromatic heterocycles. The number of fused-ring (bicyclic) bond motifs is 1. The second-order valence-corrected chi connectivity index (χ2v) is 5.07. The van der Waals surface area contributed by atoms with Gasteiger partial charge in [0.1, 0.15) is 0 Å². The van der Waals surface area contributed by atoms with Gasteiger partial charge >= 0.3 is 0 Å². The summed E-state index contributed by atoms with van der Waals surface area (Å²) < 4.78 is 0. The van der Waals surface area contributed by atoms with Gasteiger partial charge in [-0.05, 0) is 31.0 Å². The summed E-state index contributed by atoms with van der Waals surface area (Å²) in [6.07, 6.45) is 5.34. The van der Waals surface area contributed by atoms with Gasteiger partial charge in [0.25, 0.3) is 0 Å². The summed E-state index contributed by atoms with van der Waals surface area (Å²) in [6.45, 7) is 3.27. The van der Waals surface area contributed by atoms with E-state index in [0.717, 1.165) is 18.4 Å². The third kappa shape index (κ3) is 2.32. The van der Waals surface area contributed by atoms with Crippen LogP contribution < -0.4 is 5.32 Å². The number of hydrogen-bond acceptors (Lipinski definition) is 5. The summed E-state index contributed by atoms with van der Waals surface area (Å²) in [4.78, 5) is 4.14. The molecule has 17 heavy (non-hydrogen) atoms. The Kier molecular flexibility index (Phi) is 3.07. The summed E-state index contributed by atoms with van der Waals surface area (Å²) in [6, 6.07) is 1.35. The molecule has 1 N–H and O–H groups in total. The molecule has 0 aromatic carbocycles. The predicted octanol–water partition coefficient (Wildman–Crippen LogP) is -0.0735. The third-order valence-corrected chi connectivity index (χ3v) is 3.93. The fourth-order valence-corrected chi connectivity index (χ4v) is 3.10. The number of nitrogens with one attached hydrogen (secondary N) is 1. The van der Waals surface area contributed by atoms with Crippen LogP contribution in [-0.2, 0) is 13.6 Å². The van der Waals surface area contributed by atoms with E-state index in [1.165, 1.54) is 43.6 Å². The van der Waals surface area contributed by atoms with Crippen LogP contribution in [0.3, 0.4) is 0 Å². The second-order valence-electron chi connectivity index (χ2n) is 5.07. The van der Waals surface area contributed by atoms with Crippen molar-refractivity contribution >= 4 is 0 Å². The molecule has 0 radical (unpaired) electrons. The molecule has 0 bridgehead atoms. The fourth-order valence-electron chi connectivity index (χ4n) is 3.10. The first-order valence-corrected chi connectivity index (χ1v) is 6.53. The SMILES string of the molecule is Cn1nnc(CNC2CCN3CCCCC23)n1. The zero-order chi connectivity index (χ0) is 11.7. The van der Waals surface area contributed by atoms with Crippen LogP contribution in [0.25, 0.3) is 0 Å². The summed E-state index contributed by atoms with van der Waals surface area (Å²) in [7, 11) is 1.80. The lowest BCUT2D eigenvalue weighted by atomic mass is 9.99. The Morgan fingerprint density at radius 1 is 1.29 bits per heavy atom. The van der Waals surface area contributed by atoms with E-state index in [2.05, 4.69) is 25.6 Å². The standard InChI is InChI=1S/C11H20N6/c1-16-14-11(13-15-16)8-12-9-5-7-17-6-3-2-4-10(9)17/h9-10,12H,2-8H2,1H3. The number of aromatic nitrogens is 4. The Labute approximate surface area is 101 Å². The molecule has 2 aliphatic heterocycles. The smallest absolute Gasteiger partial charge is 0.188 e. The van der Waals surface area contributed by atoms with E-state index < -0.39 is 0 Å². The highest BCUT2D eigenvalue weighted by Gasteiger charge is 2.35. The van der Waals surface area contributed by atoms with Crippen LogP contribution in [0.5, 0.6) is 0 Å². The van der Waals surface area contributed by atoms with Crippen LogP contribution in [0, 0.1) is 0 Å². The molecule has 0 saturated carbocycles. The van der Waals surface area contributed by atoms with E-state index in [1.807, 2.05) is 0 Å². The Balaban J connectivity index is 1.55. The average Bonchev–Trinajstić information content (AvgIpc) is 2.93. The average molecular weight is 236 g/mol. The maximum Gasteiger partial charge on any atom is 0.188 e. The molecule has 3 heterocycles. The van der Waals surface area contributed by atoms with E-state index in [-0.39, 0.29) is 0 Å². The van der Waals surface area contributed by atoms with Gasteiger partial charge in [0.2, 0.25) is 0 Å². The van der Waals surface area contributed by atoms with Gasteiger partial charge in [-0.25, -0.2) is 0 Å². The van der Waals surface area contributed by atoms with Gasteiger partial charge in [-0.2, -0.15) is 4.80 Å². The van der Waals surface area contributed by atoms with Crippen molar-refractivity contribution in [1.82, 2.24) is 30.4 Å². The second kappa shape index (κ2) is 4.70. The number of rotatable bonds is 3. The number of aryl methyl sites for hydroxylation is 1. The molecular weight excluding hydrogens is 216 g/mol. The van der Waals surface area contributed by atoms with Gasteiger partial charge in [-0.1, -0.05) is 6.42 Å². The monoisotopic (exact) mass is 236 g/mol. The van der Waals surface area contributed by atoms with Gasteiger partial charge < -0.3 is 5.32 Å². The van der Waals surface area contributed by atoms with Crippen molar-refractivity contribution in [3.8, 4) is 0 Å². The molecular formula is C11H20N6. The Morgan fingerprint density at radius 3 is 3.06 bits per heavy atom. The molecule has 2 saturated heterocycles. The van der Waals surface area contributed by atoms with Crippen molar-refractivity contribution in [2.45, 2.75) is 44.3 Å². The summed E-state index contributed by atoms with van der Waals surface area (Å²) in [5.74, 6) is 0.793. The van der Waals surface area contributed by atoms with E-state index in [4.69, 9.17) is 0 Å². The zero-order valence-electron chi connectivity index (χ0n) is 10.3. The van der Waals surface area contributed by atoms with Gasteiger partial charge in [0.05, 0.1) is 13.6 Å². The van der Waals surface area contributed by atoms with Crippen LogP contribution >= 0.6 is 0 Å². The lowest BCUT2D eigenvalue weighted by Crippen LogP contribution is -2.44. The third-order valence-electron chi connectivity index (χ3n) is 3.93. The van der Waals surface area contributed by atoms with Crippen LogP contribution in [0.4, 0.5) is 0 Å². The fraction of sp³-hybridized carbons (Fsp3) is 0.909. The van der Waals surface area contributed by atoms with E-state index in [9.17, 15) is 0 Å². The lowest BCUT2D eigenvalue weighted by molar-refractivity contribution is 0.180.